The Labute approximate surface area is 209 Å². The second kappa shape index (κ2) is 10.8. The number of Topliss-reactive ketones (excluding diaryl/α,β-unsaturated/α-hetero) is 1. The number of methoxy groups -OCH3 is 1. The van der Waals surface area contributed by atoms with E-state index in [9.17, 15) is 4.79 Å². The number of benzene rings is 3. The van der Waals surface area contributed by atoms with Gasteiger partial charge in [-0.25, -0.2) is 4.98 Å². The monoisotopic (exact) mass is 484 g/mol. The molecule has 0 saturated carbocycles. The average molecular weight is 485 g/mol. The second-order valence-corrected chi connectivity index (χ2v) is 9.56. The molecule has 1 aromatic heterocycles. The van der Waals surface area contributed by atoms with Gasteiger partial charge in [-0.15, -0.1) is 11.8 Å². The number of carbonyl (C=O) groups is 1. The van der Waals surface area contributed by atoms with Gasteiger partial charge in [0.25, 0.3) is 0 Å². The molecule has 1 atom stereocenters. The number of nitrogens with one attached hydrogen (secondary N) is 1. The van der Waals surface area contributed by atoms with E-state index in [-0.39, 0.29) is 11.9 Å². The molecule has 4 aromatic rings. The van der Waals surface area contributed by atoms with E-state index < -0.39 is 0 Å². The van der Waals surface area contributed by atoms with Crippen LogP contribution in [0.2, 0.25) is 0 Å². The molecule has 0 amide bonds. The van der Waals surface area contributed by atoms with Gasteiger partial charge in [-0.1, -0.05) is 42.5 Å². The molecular weight excluding hydrogens is 456 g/mol. The molecule has 0 fully saturated rings. The SMILES string of the molecule is COc1ccccc1SCc1c(O[C@@H](Cc2ncc[nH]2)c2ccccc2)ccc2c1CCCC2=O. The largest absolute Gasteiger partial charge is 0.496 e. The van der Waals surface area contributed by atoms with Crippen molar-refractivity contribution in [3.8, 4) is 11.5 Å². The van der Waals surface area contributed by atoms with Crippen LogP contribution in [-0.4, -0.2) is 22.9 Å². The van der Waals surface area contributed by atoms with Crippen LogP contribution in [0.15, 0.2) is 84.0 Å². The molecule has 5 rings (SSSR count). The van der Waals surface area contributed by atoms with Gasteiger partial charge in [-0.05, 0) is 48.2 Å². The van der Waals surface area contributed by atoms with Crippen LogP contribution in [-0.2, 0) is 18.6 Å². The van der Waals surface area contributed by atoms with Gasteiger partial charge in [-0.3, -0.25) is 4.79 Å². The van der Waals surface area contributed by atoms with Crippen LogP contribution in [0.3, 0.4) is 0 Å². The lowest BCUT2D eigenvalue weighted by molar-refractivity contribution is 0.0972. The number of ether oxygens (including phenoxy) is 2. The van der Waals surface area contributed by atoms with Crippen molar-refractivity contribution < 1.29 is 14.3 Å². The van der Waals surface area contributed by atoms with Crippen molar-refractivity contribution in [2.24, 2.45) is 0 Å². The van der Waals surface area contributed by atoms with Crippen molar-refractivity contribution >= 4 is 17.5 Å². The summed E-state index contributed by atoms with van der Waals surface area (Å²) in [6, 6.07) is 22.2. The smallest absolute Gasteiger partial charge is 0.163 e. The standard InChI is InChI=1S/C29H28N2O3S/c1-33-26-12-5-6-13-28(26)35-19-23-21-10-7-11-24(32)22(21)14-15-25(23)34-27(18-29-30-16-17-31-29)20-8-3-2-4-9-20/h2-6,8-9,12-17,27H,7,10-11,18-19H2,1H3,(H,30,31)/t27-/m0/s1. The Hall–Kier alpha value is -3.51. The van der Waals surface area contributed by atoms with Gasteiger partial charge in [0.2, 0.25) is 0 Å². The Kier molecular flexibility index (Phi) is 7.19. The Balaban J connectivity index is 1.51. The zero-order chi connectivity index (χ0) is 24.0. The lowest BCUT2D eigenvalue weighted by Gasteiger charge is -2.25. The first-order valence-electron chi connectivity index (χ1n) is 11.9. The molecule has 0 bridgehead atoms. The van der Waals surface area contributed by atoms with Crippen LogP contribution >= 0.6 is 11.8 Å². The minimum absolute atomic E-state index is 0.213. The number of carbonyl (C=O) groups excluding carboxylic acids is 1. The fraction of sp³-hybridized carbons (Fsp3) is 0.241. The molecule has 0 radical (unpaired) electrons. The summed E-state index contributed by atoms with van der Waals surface area (Å²) >= 11 is 1.71. The molecule has 6 heteroatoms. The van der Waals surface area contributed by atoms with Gasteiger partial charge in [0, 0.05) is 47.0 Å². The number of aromatic amines is 1. The molecule has 0 saturated heterocycles. The quantitative estimate of drug-likeness (QED) is 0.271. The van der Waals surface area contributed by atoms with E-state index in [1.807, 2.05) is 54.7 Å². The number of H-pyrrole nitrogens is 1. The first kappa shape index (κ1) is 23.2. The highest BCUT2D eigenvalue weighted by molar-refractivity contribution is 7.98. The van der Waals surface area contributed by atoms with E-state index in [0.717, 1.165) is 57.3 Å². The minimum atomic E-state index is -0.213. The molecule has 1 N–H and O–H groups in total. The third-order valence-electron chi connectivity index (χ3n) is 6.33. The second-order valence-electron chi connectivity index (χ2n) is 8.54. The van der Waals surface area contributed by atoms with E-state index in [0.29, 0.717) is 18.6 Å². The number of aromatic nitrogens is 2. The molecule has 0 unspecified atom stereocenters. The zero-order valence-electron chi connectivity index (χ0n) is 19.7. The van der Waals surface area contributed by atoms with Gasteiger partial charge in [-0.2, -0.15) is 0 Å². The van der Waals surface area contributed by atoms with Crippen LogP contribution < -0.4 is 9.47 Å². The average Bonchev–Trinajstić information content (AvgIpc) is 3.41. The van der Waals surface area contributed by atoms with Gasteiger partial charge in [0.05, 0.1) is 7.11 Å². The van der Waals surface area contributed by atoms with Crippen molar-refractivity contribution in [3.63, 3.8) is 0 Å². The van der Waals surface area contributed by atoms with E-state index >= 15 is 0 Å². The number of nitrogens with zero attached hydrogens (tertiary/aromatic N) is 1. The van der Waals surface area contributed by atoms with Crippen LogP contribution in [0.5, 0.6) is 11.5 Å². The highest BCUT2D eigenvalue weighted by Gasteiger charge is 2.25. The van der Waals surface area contributed by atoms with Crippen molar-refractivity contribution in [1.29, 1.82) is 0 Å². The molecule has 178 valence electrons. The van der Waals surface area contributed by atoms with Crippen LogP contribution in [0.1, 0.15) is 51.8 Å². The van der Waals surface area contributed by atoms with Crippen LogP contribution in [0.4, 0.5) is 0 Å². The summed E-state index contributed by atoms with van der Waals surface area (Å²) < 4.78 is 12.3. The summed E-state index contributed by atoms with van der Waals surface area (Å²) in [7, 11) is 1.69. The molecule has 1 heterocycles. The summed E-state index contributed by atoms with van der Waals surface area (Å²) in [5, 5.41) is 0. The van der Waals surface area contributed by atoms with Crippen LogP contribution in [0.25, 0.3) is 0 Å². The Morgan fingerprint density at radius 2 is 1.83 bits per heavy atom. The number of para-hydroxylation sites is 1. The summed E-state index contributed by atoms with van der Waals surface area (Å²) in [6.07, 6.45) is 6.36. The molecular formula is C29H28N2O3S. The number of hydrogen-bond acceptors (Lipinski definition) is 5. The Bertz CT molecular complexity index is 1290. The lowest BCUT2D eigenvalue weighted by Crippen LogP contribution is -2.16. The molecule has 5 nitrogen and oxygen atoms in total. The number of imidazole rings is 1. The Morgan fingerprint density at radius 1 is 1.00 bits per heavy atom. The number of rotatable bonds is 9. The van der Waals surface area contributed by atoms with Crippen molar-refractivity contribution in [3.05, 3.63) is 107 Å². The third kappa shape index (κ3) is 5.28. The topological polar surface area (TPSA) is 64.2 Å². The van der Waals surface area contributed by atoms with Crippen molar-refractivity contribution in [1.82, 2.24) is 9.97 Å². The fourth-order valence-electron chi connectivity index (χ4n) is 4.57. The molecule has 35 heavy (non-hydrogen) atoms. The van der Waals surface area contributed by atoms with Gasteiger partial charge >= 0.3 is 0 Å². The molecule has 0 spiro atoms. The summed E-state index contributed by atoms with van der Waals surface area (Å²) in [4.78, 5) is 21.4. The molecule has 1 aliphatic carbocycles. The van der Waals surface area contributed by atoms with E-state index in [1.54, 1.807) is 25.1 Å². The summed E-state index contributed by atoms with van der Waals surface area (Å²) in [5.74, 6) is 3.45. The van der Waals surface area contributed by atoms with Gasteiger partial charge in [0.1, 0.15) is 23.4 Å². The molecule has 1 aliphatic rings. The van der Waals surface area contributed by atoms with Gasteiger partial charge < -0.3 is 14.5 Å². The number of hydrogen-bond donors (Lipinski definition) is 1. The Morgan fingerprint density at radius 3 is 2.63 bits per heavy atom. The number of thioether (sulfide) groups is 1. The first-order valence-corrected chi connectivity index (χ1v) is 12.8. The van der Waals surface area contributed by atoms with E-state index in [4.69, 9.17) is 9.47 Å². The van der Waals surface area contributed by atoms with E-state index in [1.165, 1.54) is 0 Å². The molecule has 0 aliphatic heterocycles. The van der Waals surface area contributed by atoms with Crippen molar-refractivity contribution in [2.75, 3.05) is 7.11 Å². The lowest BCUT2D eigenvalue weighted by atomic mass is 9.87. The fourth-order valence-corrected chi connectivity index (χ4v) is 5.65. The normalized spacial score (nSPS) is 13.8. The van der Waals surface area contributed by atoms with Crippen molar-refractivity contribution in [2.45, 2.75) is 42.4 Å². The zero-order valence-corrected chi connectivity index (χ0v) is 20.5. The maximum atomic E-state index is 12.7. The number of ketones is 1. The predicted octanol–water partition coefficient (Wildman–Crippen LogP) is 6.59. The van der Waals surface area contributed by atoms with Crippen LogP contribution in [0, 0.1) is 0 Å². The predicted molar refractivity (Wildman–Crippen MR) is 138 cm³/mol. The maximum absolute atomic E-state index is 12.7. The summed E-state index contributed by atoms with van der Waals surface area (Å²) in [6.45, 7) is 0. The third-order valence-corrected chi connectivity index (χ3v) is 7.42. The molecule has 3 aromatic carbocycles. The van der Waals surface area contributed by atoms with Gasteiger partial charge in [0.15, 0.2) is 5.78 Å². The highest BCUT2D eigenvalue weighted by Crippen LogP contribution is 2.39. The highest BCUT2D eigenvalue weighted by atomic mass is 32.2. The number of fused-ring (bicyclic) bond motifs is 1. The summed E-state index contributed by atoms with van der Waals surface area (Å²) in [5.41, 5.74) is 4.13. The first-order chi connectivity index (χ1) is 17.2. The van der Waals surface area contributed by atoms with E-state index in [2.05, 4.69) is 28.2 Å². The maximum Gasteiger partial charge on any atom is 0.163 e. The minimum Gasteiger partial charge on any atom is -0.496 e.